The van der Waals surface area contributed by atoms with Crippen LogP contribution in [-0.4, -0.2) is 12.0 Å². The predicted molar refractivity (Wildman–Crippen MR) is 83.8 cm³/mol. The first-order valence-corrected chi connectivity index (χ1v) is 6.87. The van der Waals surface area contributed by atoms with E-state index in [9.17, 15) is 0 Å². The normalized spacial score (nSPS) is 12.5. The van der Waals surface area contributed by atoms with Crippen molar-refractivity contribution in [1.29, 1.82) is 0 Å². The maximum atomic E-state index is 4.78. The summed E-state index contributed by atoms with van der Waals surface area (Å²) >= 11 is 0. The van der Waals surface area contributed by atoms with Gasteiger partial charge in [0.25, 0.3) is 0 Å². The van der Waals surface area contributed by atoms with E-state index in [0.29, 0.717) is 0 Å². The Morgan fingerprint density at radius 3 is 2.40 bits per heavy atom. The second kappa shape index (κ2) is 5.43. The highest BCUT2D eigenvalue weighted by molar-refractivity contribution is 5.78. The number of aryl methyl sites for hydroxylation is 1. The lowest BCUT2D eigenvalue weighted by Gasteiger charge is -2.17. The number of aromatic nitrogens is 1. The molecule has 2 nitrogen and oxygen atoms in total. The van der Waals surface area contributed by atoms with Crippen LogP contribution in [0.3, 0.4) is 0 Å². The van der Waals surface area contributed by atoms with Gasteiger partial charge < -0.3 is 5.32 Å². The summed E-state index contributed by atoms with van der Waals surface area (Å²) in [6, 6.07) is 21.2. The Morgan fingerprint density at radius 1 is 0.900 bits per heavy atom. The summed E-state index contributed by atoms with van der Waals surface area (Å²) in [6.45, 7) is 2.10. The minimum absolute atomic E-state index is 0.125. The number of rotatable bonds is 3. The molecule has 0 amide bonds. The summed E-state index contributed by atoms with van der Waals surface area (Å²) in [5.41, 5.74) is 4.60. The molecule has 3 aromatic rings. The van der Waals surface area contributed by atoms with Crippen LogP contribution >= 0.6 is 0 Å². The van der Waals surface area contributed by atoms with Crippen molar-refractivity contribution in [3.05, 3.63) is 77.5 Å². The number of pyridine rings is 1. The monoisotopic (exact) mass is 262 g/mol. The molecule has 20 heavy (non-hydrogen) atoms. The molecular weight excluding hydrogens is 244 g/mol. The van der Waals surface area contributed by atoms with Crippen LogP contribution in [0.25, 0.3) is 10.9 Å². The molecule has 100 valence electrons. The number of benzene rings is 2. The van der Waals surface area contributed by atoms with Gasteiger partial charge in [0.2, 0.25) is 0 Å². The van der Waals surface area contributed by atoms with Gasteiger partial charge in [0.15, 0.2) is 0 Å². The second-order valence-corrected chi connectivity index (χ2v) is 5.06. The maximum absolute atomic E-state index is 4.78. The predicted octanol–water partition coefficient (Wildman–Crippen LogP) is 3.85. The van der Waals surface area contributed by atoms with E-state index in [1.54, 1.807) is 0 Å². The third-order valence-corrected chi connectivity index (χ3v) is 3.62. The molecule has 0 aliphatic heterocycles. The van der Waals surface area contributed by atoms with Crippen LogP contribution in [0.2, 0.25) is 0 Å². The highest BCUT2D eigenvalue weighted by atomic mass is 14.9. The van der Waals surface area contributed by atoms with Gasteiger partial charge in [-0.3, -0.25) is 4.98 Å². The van der Waals surface area contributed by atoms with Gasteiger partial charge in [0.1, 0.15) is 0 Å². The maximum Gasteiger partial charge on any atom is 0.0749 e. The van der Waals surface area contributed by atoms with Crippen LogP contribution in [0.15, 0.2) is 60.7 Å². The third-order valence-electron chi connectivity index (χ3n) is 3.62. The highest BCUT2D eigenvalue weighted by Gasteiger charge is 2.13. The van der Waals surface area contributed by atoms with Crippen molar-refractivity contribution in [3.8, 4) is 0 Å². The number of fused-ring (bicyclic) bond motifs is 1. The van der Waals surface area contributed by atoms with E-state index < -0.39 is 0 Å². The second-order valence-electron chi connectivity index (χ2n) is 5.06. The van der Waals surface area contributed by atoms with Crippen LogP contribution in [0.4, 0.5) is 0 Å². The van der Waals surface area contributed by atoms with Gasteiger partial charge in [-0.1, -0.05) is 54.1 Å². The molecule has 0 bridgehead atoms. The molecule has 1 atom stereocenters. The van der Waals surface area contributed by atoms with Crippen LogP contribution in [0, 0.1) is 6.92 Å². The topological polar surface area (TPSA) is 24.9 Å². The van der Waals surface area contributed by atoms with Crippen molar-refractivity contribution < 1.29 is 0 Å². The number of para-hydroxylation sites is 1. The van der Waals surface area contributed by atoms with E-state index in [1.807, 2.05) is 19.2 Å². The van der Waals surface area contributed by atoms with Crippen molar-refractivity contribution in [2.75, 3.05) is 7.05 Å². The van der Waals surface area contributed by atoms with E-state index in [2.05, 4.69) is 60.8 Å². The Morgan fingerprint density at radius 2 is 1.65 bits per heavy atom. The fraction of sp³-hybridized carbons (Fsp3) is 0.167. The lowest BCUT2D eigenvalue weighted by atomic mass is 10.0. The minimum atomic E-state index is 0.125. The smallest absolute Gasteiger partial charge is 0.0749 e. The van der Waals surface area contributed by atoms with E-state index in [0.717, 1.165) is 11.2 Å². The first kappa shape index (κ1) is 12.8. The number of hydrogen-bond acceptors (Lipinski definition) is 2. The SMILES string of the molecule is CNC(c1ccc(C)cc1)c1ccc2ccccc2n1. The Kier molecular flexibility index (Phi) is 3.48. The molecule has 0 fully saturated rings. The van der Waals surface area contributed by atoms with Crippen LogP contribution < -0.4 is 5.32 Å². The van der Waals surface area contributed by atoms with Crippen LogP contribution in [-0.2, 0) is 0 Å². The van der Waals surface area contributed by atoms with Crippen molar-refractivity contribution in [3.63, 3.8) is 0 Å². The molecule has 0 aliphatic rings. The minimum Gasteiger partial charge on any atom is -0.308 e. The Labute approximate surface area is 119 Å². The molecule has 0 saturated heterocycles. The van der Waals surface area contributed by atoms with Crippen molar-refractivity contribution >= 4 is 10.9 Å². The number of nitrogens with one attached hydrogen (secondary N) is 1. The van der Waals surface area contributed by atoms with Crippen molar-refractivity contribution in [1.82, 2.24) is 10.3 Å². The summed E-state index contributed by atoms with van der Waals surface area (Å²) in [5, 5.41) is 4.53. The third kappa shape index (κ3) is 2.43. The molecule has 3 rings (SSSR count). The largest absolute Gasteiger partial charge is 0.308 e. The zero-order chi connectivity index (χ0) is 13.9. The van der Waals surface area contributed by atoms with Gasteiger partial charge in [0, 0.05) is 5.39 Å². The average molecular weight is 262 g/mol. The quantitative estimate of drug-likeness (QED) is 0.775. The van der Waals surface area contributed by atoms with Gasteiger partial charge in [0.05, 0.1) is 17.3 Å². The van der Waals surface area contributed by atoms with E-state index >= 15 is 0 Å². The lowest BCUT2D eigenvalue weighted by molar-refractivity contribution is 0.674. The standard InChI is InChI=1S/C18H18N2/c1-13-7-9-15(10-8-13)18(19-2)17-12-11-14-5-3-4-6-16(14)20-17/h3-12,18-19H,1-2H3. The molecule has 1 aromatic heterocycles. The Bertz CT molecular complexity index is 717. The van der Waals surface area contributed by atoms with Gasteiger partial charge in [-0.15, -0.1) is 0 Å². The zero-order valence-electron chi connectivity index (χ0n) is 11.8. The van der Waals surface area contributed by atoms with Crippen molar-refractivity contribution in [2.24, 2.45) is 0 Å². The van der Waals surface area contributed by atoms with Gasteiger partial charge in [-0.05, 0) is 31.7 Å². The molecule has 1 unspecified atom stereocenters. The first-order chi connectivity index (χ1) is 9.78. The van der Waals surface area contributed by atoms with Gasteiger partial charge in [-0.25, -0.2) is 0 Å². The number of nitrogens with zero attached hydrogens (tertiary/aromatic N) is 1. The summed E-state index contributed by atoms with van der Waals surface area (Å²) in [6.07, 6.45) is 0. The summed E-state index contributed by atoms with van der Waals surface area (Å²) in [7, 11) is 1.97. The van der Waals surface area contributed by atoms with Gasteiger partial charge >= 0.3 is 0 Å². The summed E-state index contributed by atoms with van der Waals surface area (Å²) in [4.78, 5) is 4.78. The molecular formula is C18H18N2. The molecule has 1 N–H and O–H groups in total. The molecule has 0 spiro atoms. The molecule has 1 heterocycles. The molecule has 2 heteroatoms. The number of hydrogen-bond donors (Lipinski definition) is 1. The summed E-state index contributed by atoms with van der Waals surface area (Å²) < 4.78 is 0. The van der Waals surface area contributed by atoms with Gasteiger partial charge in [-0.2, -0.15) is 0 Å². The molecule has 0 aliphatic carbocycles. The lowest BCUT2D eigenvalue weighted by Crippen LogP contribution is -2.18. The fourth-order valence-corrected chi connectivity index (χ4v) is 2.49. The zero-order valence-corrected chi connectivity index (χ0v) is 11.8. The fourth-order valence-electron chi connectivity index (χ4n) is 2.49. The van der Waals surface area contributed by atoms with Crippen LogP contribution in [0.5, 0.6) is 0 Å². The van der Waals surface area contributed by atoms with E-state index in [-0.39, 0.29) is 6.04 Å². The summed E-state index contributed by atoms with van der Waals surface area (Å²) in [5.74, 6) is 0. The van der Waals surface area contributed by atoms with Crippen LogP contribution in [0.1, 0.15) is 22.9 Å². The first-order valence-electron chi connectivity index (χ1n) is 6.87. The Hall–Kier alpha value is -2.19. The molecule has 2 aromatic carbocycles. The molecule has 0 radical (unpaired) electrons. The Balaban J connectivity index is 2.04. The van der Waals surface area contributed by atoms with E-state index in [4.69, 9.17) is 4.98 Å². The van der Waals surface area contributed by atoms with Crippen molar-refractivity contribution in [2.45, 2.75) is 13.0 Å². The van der Waals surface area contributed by atoms with E-state index in [1.165, 1.54) is 16.5 Å². The highest BCUT2D eigenvalue weighted by Crippen LogP contribution is 2.22. The average Bonchev–Trinajstić information content (AvgIpc) is 2.50. The molecule has 0 saturated carbocycles.